The van der Waals surface area contributed by atoms with Crippen molar-refractivity contribution < 1.29 is 5.21 Å². The molecule has 0 aromatic heterocycles. The zero-order chi connectivity index (χ0) is 15.3. The largest absolute Gasteiger partial charge is 0.409 e. The van der Waals surface area contributed by atoms with Crippen molar-refractivity contribution in [1.29, 1.82) is 5.41 Å². The number of benzene rings is 1. The molecule has 0 aliphatic heterocycles. The van der Waals surface area contributed by atoms with E-state index in [0.717, 1.165) is 11.1 Å². The van der Waals surface area contributed by atoms with Crippen LogP contribution in [0.1, 0.15) is 31.9 Å². The van der Waals surface area contributed by atoms with Crippen molar-refractivity contribution in [3.05, 3.63) is 41.6 Å². The van der Waals surface area contributed by atoms with E-state index in [1.165, 1.54) is 12.4 Å². The standard InChI is InChI=1S/C15H22N4O/c1-10(2)15(3,14(18)19-20)13-6-4-11(5-7-13)12(8-16)9-17/h4-10,16,20H,17H2,1-3H3,(H2,18,19)/b12-9+,16-8?. The quantitative estimate of drug-likeness (QED) is 0.286. The summed E-state index contributed by atoms with van der Waals surface area (Å²) in [7, 11) is 0. The van der Waals surface area contributed by atoms with Gasteiger partial charge in [-0.1, -0.05) is 43.3 Å². The van der Waals surface area contributed by atoms with Gasteiger partial charge < -0.3 is 22.1 Å². The van der Waals surface area contributed by atoms with E-state index in [-0.39, 0.29) is 11.8 Å². The summed E-state index contributed by atoms with van der Waals surface area (Å²) in [5, 5.41) is 19.5. The number of nitrogens with one attached hydrogen (secondary N) is 1. The number of amidine groups is 1. The Morgan fingerprint density at radius 1 is 1.35 bits per heavy atom. The van der Waals surface area contributed by atoms with Crippen molar-refractivity contribution in [3.63, 3.8) is 0 Å². The smallest absolute Gasteiger partial charge is 0.149 e. The van der Waals surface area contributed by atoms with E-state index in [2.05, 4.69) is 5.16 Å². The Hall–Kier alpha value is -2.30. The van der Waals surface area contributed by atoms with E-state index in [1.807, 2.05) is 45.0 Å². The molecule has 1 unspecified atom stereocenters. The molecule has 1 aromatic rings. The molecule has 1 aromatic carbocycles. The van der Waals surface area contributed by atoms with Crippen LogP contribution in [0.15, 0.2) is 35.6 Å². The fourth-order valence-electron chi connectivity index (χ4n) is 2.12. The molecule has 0 heterocycles. The van der Waals surface area contributed by atoms with Gasteiger partial charge in [0.15, 0.2) is 0 Å². The van der Waals surface area contributed by atoms with Gasteiger partial charge in [0.1, 0.15) is 5.84 Å². The highest BCUT2D eigenvalue weighted by Gasteiger charge is 2.35. The Morgan fingerprint density at radius 2 is 1.90 bits per heavy atom. The number of rotatable bonds is 5. The number of oxime groups is 1. The molecule has 108 valence electrons. The van der Waals surface area contributed by atoms with Crippen molar-refractivity contribution in [2.75, 3.05) is 0 Å². The summed E-state index contributed by atoms with van der Waals surface area (Å²) in [4.78, 5) is 0. The predicted octanol–water partition coefficient (Wildman–Crippen LogP) is 2.30. The first kappa shape index (κ1) is 15.8. The van der Waals surface area contributed by atoms with Crippen molar-refractivity contribution in [1.82, 2.24) is 0 Å². The monoisotopic (exact) mass is 274 g/mol. The molecule has 1 rings (SSSR count). The highest BCUT2D eigenvalue weighted by molar-refractivity contribution is 6.08. The van der Waals surface area contributed by atoms with Crippen LogP contribution < -0.4 is 11.5 Å². The molecule has 0 saturated carbocycles. The molecule has 0 amide bonds. The van der Waals surface area contributed by atoms with Gasteiger partial charge in [-0.05, 0) is 24.0 Å². The van der Waals surface area contributed by atoms with E-state index in [1.54, 1.807) is 0 Å². The molecular formula is C15H22N4O. The van der Waals surface area contributed by atoms with Gasteiger partial charge in [0.2, 0.25) is 0 Å². The maximum Gasteiger partial charge on any atom is 0.149 e. The highest BCUT2D eigenvalue weighted by atomic mass is 16.4. The summed E-state index contributed by atoms with van der Waals surface area (Å²) in [6.45, 7) is 5.99. The zero-order valence-electron chi connectivity index (χ0n) is 12.1. The second-order valence-electron chi connectivity index (χ2n) is 5.19. The molecule has 0 fully saturated rings. The molecule has 1 atom stereocenters. The average molecular weight is 274 g/mol. The minimum atomic E-state index is -0.551. The molecule has 0 aliphatic carbocycles. The number of nitrogens with two attached hydrogens (primary N) is 2. The zero-order valence-corrected chi connectivity index (χ0v) is 12.1. The van der Waals surface area contributed by atoms with Crippen molar-refractivity contribution in [2.45, 2.75) is 26.2 Å². The van der Waals surface area contributed by atoms with Gasteiger partial charge in [-0.15, -0.1) is 0 Å². The minimum Gasteiger partial charge on any atom is -0.409 e. The SMILES string of the molecule is CC(C)C(C)(/C(N)=N/O)c1ccc(/C(C=N)=C/N)cc1. The Bertz CT molecular complexity index is 531. The van der Waals surface area contributed by atoms with Gasteiger partial charge in [-0.2, -0.15) is 0 Å². The van der Waals surface area contributed by atoms with Crippen LogP contribution in [0.4, 0.5) is 0 Å². The van der Waals surface area contributed by atoms with Crippen LogP contribution in [0.2, 0.25) is 0 Å². The second kappa shape index (κ2) is 6.23. The molecule has 0 radical (unpaired) electrons. The summed E-state index contributed by atoms with van der Waals surface area (Å²) in [5.41, 5.74) is 13.2. The molecule has 0 saturated heterocycles. The Kier molecular flexibility index (Phi) is 4.91. The van der Waals surface area contributed by atoms with Crippen molar-refractivity contribution in [3.8, 4) is 0 Å². The molecular weight excluding hydrogens is 252 g/mol. The topological polar surface area (TPSA) is 108 Å². The van der Waals surface area contributed by atoms with Gasteiger partial charge >= 0.3 is 0 Å². The normalized spacial score (nSPS) is 16.0. The highest BCUT2D eigenvalue weighted by Crippen LogP contribution is 2.33. The Labute approximate surface area is 119 Å². The summed E-state index contributed by atoms with van der Waals surface area (Å²) >= 11 is 0. The van der Waals surface area contributed by atoms with Crippen LogP contribution in [0, 0.1) is 11.3 Å². The fraction of sp³-hybridized carbons (Fsp3) is 0.333. The van der Waals surface area contributed by atoms with Gasteiger partial charge in [-0.25, -0.2) is 0 Å². The number of nitrogens with zero attached hydrogens (tertiary/aromatic N) is 1. The maximum atomic E-state index is 9.01. The first-order valence-corrected chi connectivity index (χ1v) is 6.43. The van der Waals surface area contributed by atoms with Gasteiger partial charge in [0.25, 0.3) is 0 Å². The summed E-state index contributed by atoms with van der Waals surface area (Å²) in [6, 6.07) is 7.59. The predicted molar refractivity (Wildman–Crippen MR) is 83.0 cm³/mol. The van der Waals surface area contributed by atoms with E-state index in [4.69, 9.17) is 22.1 Å². The molecule has 5 heteroatoms. The van der Waals surface area contributed by atoms with E-state index in [0.29, 0.717) is 5.57 Å². The lowest BCUT2D eigenvalue weighted by Gasteiger charge is -2.33. The number of hydrogen-bond donors (Lipinski definition) is 4. The lowest BCUT2D eigenvalue weighted by Crippen LogP contribution is -2.43. The van der Waals surface area contributed by atoms with Crippen LogP contribution in [0.25, 0.3) is 5.57 Å². The third-order valence-electron chi connectivity index (χ3n) is 3.95. The summed E-state index contributed by atoms with van der Waals surface area (Å²) in [6.07, 6.45) is 2.60. The van der Waals surface area contributed by atoms with E-state index in [9.17, 15) is 0 Å². The van der Waals surface area contributed by atoms with E-state index >= 15 is 0 Å². The van der Waals surface area contributed by atoms with Crippen LogP contribution in [0.5, 0.6) is 0 Å². The van der Waals surface area contributed by atoms with Crippen molar-refractivity contribution >= 4 is 17.6 Å². The van der Waals surface area contributed by atoms with Crippen LogP contribution in [-0.2, 0) is 5.41 Å². The molecule has 0 bridgehead atoms. The Balaban J connectivity index is 3.29. The maximum absolute atomic E-state index is 9.01. The summed E-state index contributed by atoms with van der Waals surface area (Å²) in [5.74, 6) is 0.346. The van der Waals surface area contributed by atoms with Gasteiger partial charge in [0, 0.05) is 18.0 Å². The van der Waals surface area contributed by atoms with E-state index < -0.39 is 5.41 Å². The molecule has 0 spiro atoms. The van der Waals surface area contributed by atoms with Crippen LogP contribution in [0.3, 0.4) is 0 Å². The first-order chi connectivity index (χ1) is 9.41. The van der Waals surface area contributed by atoms with Gasteiger partial charge in [0.05, 0.1) is 5.41 Å². The lowest BCUT2D eigenvalue weighted by atomic mass is 9.72. The minimum absolute atomic E-state index is 0.163. The third kappa shape index (κ3) is 2.66. The van der Waals surface area contributed by atoms with Crippen molar-refractivity contribution in [2.24, 2.45) is 22.5 Å². The number of allylic oxidation sites excluding steroid dienone is 1. The summed E-state index contributed by atoms with van der Waals surface area (Å²) < 4.78 is 0. The van der Waals surface area contributed by atoms with Crippen LogP contribution in [-0.4, -0.2) is 17.3 Å². The Morgan fingerprint density at radius 3 is 2.25 bits per heavy atom. The van der Waals surface area contributed by atoms with Crippen LogP contribution >= 0.6 is 0 Å². The molecule has 5 nitrogen and oxygen atoms in total. The average Bonchev–Trinajstić information content (AvgIpc) is 2.47. The first-order valence-electron chi connectivity index (χ1n) is 6.43. The number of hydrogen-bond acceptors (Lipinski definition) is 4. The lowest BCUT2D eigenvalue weighted by molar-refractivity contribution is 0.306. The second-order valence-corrected chi connectivity index (χ2v) is 5.19. The van der Waals surface area contributed by atoms with Gasteiger partial charge in [-0.3, -0.25) is 0 Å². The molecule has 6 N–H and O–H groups in total. The fourth-order valence-corrected chi connectivity index (χ4v) is 2.12. The molecule has 20 heavy (non-hydrogen) atoms. The third-order valence-corrected chi connectivity index (χ3v) is 3.95. The molecule has 0 aliphatic rings.